The molecule has 5 heteroatoms. The molecule has 0 saturated carbocycles. The summed E-state index contributed by atoms with van der Waals surface area (Å²) in [5.74, 6) is -0.534. The lowest BCUT2D eigenvalue weighted by molar-refractivity contribution is -0.118. The Morgan fingerprint density at radius 1 is 0.828 bits per heavy atom. The summed E-state index contributed by atoms with van der Waals surface area (Å²) >= 11 is 0. The summed E-state index contributed by atoms with van der Waals surface area (Å²) in [4.78, 5) is 28.9. The number of anilines is 1. The third-order valence-electron chi connectivity index (χ3n) is 4.79. The van der Waals surface area contributed by atoms with E-state index in [9.17, 15) is 9.59 Å². The number of H-pyrrole nitrogens is 1. The Labute approximate surface area is 168 Å². The number of aromatic amines is 1. The molecule has 5 nitrogen and oxygen atoms in total. The average Bonchev–Trinajstić information content (AvgIpc) is 3.24. The van der Waals surface area contributed by atoms with E-state index in [0.29, 0.717) is 17.7 Å². The molecule has 1 atom stereocenters. The van der Waals surface area contributed by atoms with Crippen LogP contribution in [0, 0.1) is 0 Å². The van der Waals surface area contributed by atoms with Gasteiger partial charge in [-0.2, -0.15) is 0 Å². The van der Waals surface area contributed by atoms with E-state index < -0.39 is 6.04 Å². The summed E-state index contributed by atoms with van der Waals surface area (Å²) in [6.07, 6.45) is 2.23. The summed E-state index contributed by atoms with van der Waals surface area (Å²) in [7, 11) is 0. The second-order valence-electron chi connectivity index (χ2n) is 6.82. The lowest BCUT2D eigenvalue weighted by atomic mass is 10.0. The van der Waals surface area contributed by atoms with E-state index in [2.05, 4.69) is 15.6 Å². The molecule has 3 aromatic carbocycles. The van der Waals surface area contributed by atoms with Crippen LogP contribution in [0.25, 0.3) is 10.9 Å². The Bertz CT molecular complexity index is 1120. The zero-order valence-corrected chi connectivity index (χ0v) is 15.8. The SMILES string of the molecule is O=C(NC(Cc1ccccc1)C(=O)Nc1cccc2[nH]ccc12)c1ccccc1. The second-order valence-corrected chi connectivity index (χ2v) is 6.82. The molecule has 0 radical (unpaired) electrons. The number of hydrogen-bond donors (Lipinski definition) is 3. The smallest absolute Gasteiger partial charge is 0.251 e. The fraction of sp³-hybridized carbons (Fsp3) is 0.0833. The minimum Gasteiger partial charge on any atom is -0.361 e. The molecule has 0 aliphatic heterocycles. The number of rotatable bonds is 6. The Morgan fingerprint density at radius 2 is 1.55 bits per heavy atom. The van der Waals surface area contributed by atoms with Gasteiger partial charge in [0.25, 0.3) is 5.91 Å². The molecule has 1 aromatic heterocycles. The topological polar surface area (TPSA) is 74.0 Å². The molecule has 0 saturated heterocycles. The molecule has 0 aliphatic rings. The van der Waals surface area contributed by atoms with E-state index in [-0.39, 0.29) is 11.8 Å². The van der Waals surface area contributed by atoms with Gasteiger partial charge >= 0.3 is 0 Å². The van der Waals surface area contributed by atoms with Crippen LogP contribution in [0.15, 0.2) is 91.1 Å². The molecule has 1 heterocycles. The average molecular weight is 383 g/mol. The summed E-state index contributed by atoms with van der Waals surface area (Å²) in [5, 5.41) is 6.78. The molecule has 1 unspecified atom stereocenters. The van der Waals surface area contributed by atoms with E-state index in [1.807, 2.05) is 66.9 Å². The summed E-state index contributed by atoms with van der Waals surface area (Å²) < 4.78 is 0. The highest BCUT2D eigenvalue weighted by atomic mass is 16.2. The van der Waals surface area contributed by atoms with Gasteiger partial charge in [-0.1, -0.05) is 54.6 Å². The molecule has 3 N–H and O–H groups in total. The van der Waals surface area contributed by atoms with Crippen LogP contribution in [-0.4, -0.2) is 22.8 Å². The molecule has 0 aliphatic carbocycles. The largest absolute Gasteiger partial charge is 0.361 e. The number of fused-ring (bicyclic) bond motifs is 1. The van der Waals surface area contributed by atoms with Crippen LogP contribution >= 0.6 is 0 Å². The minimum absolute atomic E-state index is 0.258. The van der Waals surface area contributed by atoms with Crippen molar-refractivity contribution < 1.29 is 9.59 Å². The normalized spacial score (nSPS) is 11.7. The van der Waals surface area contributed by atoms with Crippen LogP contribution in [0.1, 0.15) is 15.9 Å². The van der Waals surface area contributed by atoms with Crippen molar-refractivity contribution in [1.82, 2.24) is 10.3 Å². The minimum atomic E-state index is -0.709. The van der Waals surface area contributed by atoms with Crippen LogP contribution in [0.5, 0.6) is 0 Å². The zero-order valence-electron chi connectivity index (χ0n) is 15.8. The zero-order chi connectivity index (χ0) is 20.1. The maximum Gasteiger partial charge on any atom is 0.251 e. The van der Waals surface area contributed by atoms with Crippen molar-refractivity contribution in [3.05, 3.63) is 102 Å². The Balaban J connectivity index is 1.57. The number of aromatic nitrogens is 1. The first kappa shape index (κ1) is 18.5. The van der Waals surface area contributed by atoms with Gasteiger partial charge in [-0.05, 0) is 35.9 Å². The highest BCUT2D eigenvalue weighted by molar-refractivity contribution is 6.05. The molecule has 2 amide bonds. The third kappa shape index (κ3) is 4.35. The quantitative estimate of drug-likeness (QED) is 0.468. The summed E-state index contributed by atoms with van der Waals surface area (Å²) in [5.41, 5.74) is 3.14. The molecule has 0 spiro atoms. The van der Waals surface area contributed by atoms with Gasteiger partial charge in [0.05, 0.1) is 5.69 Å². The Kier molecular flexibility index (Phi) is 5.38. The maximum atomic E-state index is 13.1. The van der Waals surface area contributed by atoms with Gasteiger partial charge in [0.15, 0.2) is 0 Å². The number of benzene rings is 3. The number of carbonyl (C=O) groups excluding carboxylic acids is 2. The lowest BCUT2D eigenvalue weighted by Crippen LogP contribution is -2.45. The van der Waals surface area contributed by atoms with Crippen molar-refractivity contribution in [2.75, 3.05) is 5.32 Å². The van der Waals surface area contributed by atoms with Crippen molar-refractivity contribution in [1.29, 1.82) is 0 Å². The molecule has 0 fully saturated rings. The second kappa shape index (κ2) is 8.44. The predicted octanol–water partition coefficient (Wildman–Crippen LogP) is 4.15. The number of nitrogens with one attached hydrogen (secondary N) is 3. The van der Waals surface area contributed by atoms with Crippen LogP contribution in [0.3, 0.4) is 0 Å². The molecular formula is C24H21N3O2. The standard InChI is InChI=1S/C24H21N3O2/c28-23(18-10-5-2-6-11-18)27-22(16-17-8-3-1-4-9-17)24(29)26-21-13-7-12-20-19(21)14-15-25-20/h1-15,22,25H,16H2,(H,26,29)(H,27,28). The van der Waals surface area contributed by atoms with E-state index in [4.69, 9.17) is 0 Å². The molecule has 4 aromatic rings. The molecule has 4 rings (SSSR count). The number of carbonyl (C=O) groups is 2. The van der Waals surface area contributed by atoms with Gasteiger partial charge in [-0.15, -0.1) is 0 Å². The van der Waals surface area contributed by atoms with Crippen molar-refractivity contribution in [3.63, 3.8) is 0 Å². The van der Waals surface area contributed by atoms with E-state index in [1.165, 1.54) is 0 Å². The Morgan fingerprint density at radius 3 is 2.31 bits per heavy atom. The van der Waals surface area contributed by atoms with Gasteiger partial charge in [-0.3, -0.25) is 9.59 Å². The summed E-state index contributed by atoms with van der Waals surface area (Å²) in [6.45, 7) is 0. The van der Waals surface area contributed by atoms with Crippen LogP contribution < -0.4 is 10.6 Å². The van der Waals surface area contributed by atoms with Crippen molar-refractivity contribution in [2.24, 2.45) is 0 Å². The lowest BCUT2D eigenvalue weighted by Gasteiger charge is -2.19. The van der Waals surface area contributed by atoms with Crippen LogP contribution in [-0.2, 0) is 11.2 Å². The van der Waals surface area contributed by atoms with E-state index >= 15 is 0 Å². The Hall–Kier alpha value is -3.86. The highest BCUT2D eigenvalue weighted by Crippen LogP contribution is 2.22. The van der Waals surface area contributed by atoms with Crippen molar-refractivity contribution in [3.8, 4) is 0 Å². The van der Waals surface area contributed by atoms with Gasteiger partial charge < -0.3 is 15.6 Å². The van der Waals surface area contributed by atoms with Crippen LogP contribution in [0.2, 0.25) is 0 Å². The fourth-order valence-electron chi connectivity index (χ4n) is 3.30. The maximum absolute atomic E-state index is 13.1. The van der Waals surface area contributed by atoms with Crippen LogP contribution in [0.4, 0.5) is 5.69 Å². The van der Waals surface area contributed by atoms with Gasteiger partial charge in [0.2, 0.25) is 5.91 Å². The van der Waals surface area contributed by atoms with E-state index in [0.717, 1.165) is 16.5 Å². The van der Waals surface area contributed by atoms with Gasteiger partial charge in [0.1, 0.15) is 6.04 Å². The molecule has 144 valence electrons. The molecule has 29 heavy (non-hydrogen) atoms. The first-order chi connectivity index (χ1) is 14.2. The fourth-order valence-corrected chi connectivity index (χ4v) is 3.30. The third-order valence-corrected chi connectivity index (χ3v) is 4.79. The van der Waals surface area contributed by atoms with Crippen molar-refractivity contribution in [2.45, 2.75) is 12.5 Å². The van der Waals surface area contributed by atoms with Crippen molar-refractivity contribution >= 4 is 28.4 Å². The predicted molar refractivity (Wildman–Crippen MR) is 115 cm³/mol. The monoisotopic (exact) mass is 383 g/mol. The summed E-state index contributed by atoms with van der Waals surface area (Å²) in [6, 6.07) is 25.5. The first-order valence-electron chi connectivity index (χ1n) is 9.47. The van der Waals surface area contributed by atoms with Gasteiger partial charge in [-0.25, -0.2) is 0 Å². The van der Waals surface area contributed by atoms with E-state index in [1.54, 1.807) is 24.3 Å². The number of amides is 2. The first-order valence-corrected chi connectivity index (χ1v) is 9.47. The number of hydrogen-bond acceptors (Lipinski definition) is 2. The highest BCUT2D eigenvalue weighted by Gasteiger charge is 2.22. The molecular weight excluding hydrogens is 362 g/mol. The molecule has 0 bridgehead atoms. The van der Waals surface area contributed by atoms with Gasteiger partial charge in [0, 0.05) is 29.1 Å².